The van der Waals surface area contributed by atoms with Gasteiger partial charge in [0.15, 0.2) is 5.78 Å². The van der Waals surface area contributed by atoms with Gasteiger partial charge in [-0.05, 0) is 52.8 Å². The molecule has 5 nitrogen and oxygen atoms in total. The Labute approximate surface area is 194 Å². The molecule has 0 heterocycles. The summed E-state index contributed by atoms with van der Waals surface area (Å²) in [6.07, 6.45) is 0.328. The number of hydrogen-bond acceptors (Lipinski definition) is 4. The molecule has 0 amide bonds. The monoisotopic (exact) mass is 446 g/mol. The van der Waals surface area contributed by atoms with Crippen molar-refractivity contribution in [1.82, 2.24) is 0 Å². The average molecular weight is 447 g/mol. The first-order valence-corrected chi connectivity index (χ1v) is 10.9. The molecular weight excluding hydrogens is 416 g/mol. The first kappa shape index (κ1) is 24.1. The van der Waals surface area contributed by atoms with Gasteiger partial charge >= 0.3 is 5.97 Å². The van der Waals surface area contributed by atoms with Gasteiger partial charge < -0.3 is 14.9 Å². The van der Waals surface area contributed by atoms with Crippen LogP contribution in [0.4, 0.5) is 0 Å². The van der Waals surface area contributed by atoms with Crippen molar-refractivity contribution in [3.63, 3.8) is 0 Å². The molecule has 3 aromatic carbocycles. The number of aromatic hydroxyl groups is 1. The van der Waals surface area contributed by atoms with Gasteiger partial charge in [-0.15, -0.1) is 0 Å². The van der Waals surface area contributed by atoms with Crippen molar-refractivity contribution >= 4 is 11.8 Å². The Balaban J connectivity index is 1.75. The van der Waals surface area contributed by atoms with E-state index in [9.17, 15) is 14.7 Å². The zero-order chi connectivity index (χ0) is 24.2. The summed E-state index contributed by atoms with van der Waals surface area (Å²) in [5.41, 5.74) is 4.27. The third-order valence-corrected chi connectivity index (χ3v) is 5.31. The molecule has 5 heteroatoms. The molecule has 0 aliphatic heterocycles. The summed E-state index contributed by atoms with van der Waals surface area (Å²) in [5.74, 6) is -0.467. The molecule has 0 unspecified atom stereocenters. The third-order valence-electron chi connectivity index (χ3n) is 5.31. The molecule has 0 aliphatic carbocycles. The fourth-order valence-corrected chi connectivity index (χ4v) is 3.68. The predicted molar refractivity (Wildman–Crippen MR) is 129 cm³/mol. The summed E-state index contributed by atoms with van der Waals surface area (Å²) in [5, 5.41) is 19.6. The van der Waals surface area contributed by atoms with Crippen LogP contribution in [0.1, 0.15) is 54.2 Å². The molecule has 0 radical (unpaired) electrons. The highest BCUT2D eigenvalue weighted by molar-refractivity contribution is 5.99. The van der Waals surface area contributed by atoms with Crippen molar-refractivity contribution in [2.24, 2.45) is 5.41 Å². The molecule has 3 rings (SSSR count). The summed E-state index contributed by atoms with van der Waals surface area (Å²) in [6.45, 7) is 8.00. The maximum atomic E-state index is 12.5. The number of hydrogen-bond donors (Lipinski definition) is 2. The molecule has 0 bridgehead atoms. The van der Waals surface area contributed by atoms with Crippen LogP contribution >= 0.6 is 0 Å². The van der Waals surface area contributed by atoms with Crippen molar-refractivity contribution in [1.29, 1.82) is 0 Å². The number of carbonyl (C=O) groups is 2. The topological polar surface area (TPSA) is 83.8 Å². The van der Waals surface area contributed by atoms with Crippen LogP contribution in [-0.2, 0) is 17.8 Å². The summed E-state index contributed by atoms with van der Waals surface area (Å²) in [4.78, 5) is 23.6. The van der Waals surface area contributed by atoms with Gasteiger partial charge in [0, 0.05) is 12.0 Å². The van der Waals surface area contributed by atoms with Crippen LogP contribution in [0.15, 0.2) is 60.7 Å². The Morgan fingerprint density at radius 1 is 0.909 bits per heavy atom. The summed E-state index contributed by atoms with van der Waals surface area (Å²) in [7, 11) is 0. The number of ketones is 1. The molecule has 3 aromatic rings. The van der Waals surface area contributed by atoms with E-state index in [4.69, 9.17) is 9.84 Å². The second kappa shape index (κ2) is 9.90. The van der Waals surface area contributed by atoms with Crippen LogP contribution in [0.5, 0.6) is 11.5 Å². The van der Waals surface area contributed by atoms with Crippen molar-refractivity contribution in [2.45, 2.75) is 47.1 Å². The highest BCUT2D eigenvalue weighted by Crippen LogP contribution is 2.33. The average Bonchev–Trinajstić information content (AvgIpc) is 2.73. The standard InChI is InChI=1S/C28H30O5/c1-18-25(12-11-23(27(18)32)24(29)16-28(2,3)4)33-17-20-8-6-10-22(14-20)21-9-5-7-19(13-21)15-26(30)31/h5-14,32H,15-17H2,1-4H3,(H,30,31). The van der Waals surface area contributed by atoms with Gasteiger partial charge in [0.05, 0.1) is 12.0 Å². The van der Waals surface area contributed by atoms with Crippen LogP contribution < -0.4 is 4.74 Å². The number of phenols is 1. The first-order valence-electron chi connectivity index (χ1n) is 10.9. The minimum absolute atomic E-state index is 0.0202. The van der Waals surface area contributed by atoms with Crippen LogP contribution in [0.25, 0.3) is 11.1 Å². The van der Waals surface area contributed by atoms with E-state index in [2.05, 4.69) is 0 Å². The second-order valence-electron chi connectivity index (χ2n) is 9.51. The lowest BCUT2D eigenvalue weighted by molar-refractivity contribution is -0.136. The highest BCUT2D eigenvalue weighted by Gasteiger charge is 2.21. The van der Waals surface area contributed by atoms with Crippen molar-refractivity contribution in [2.75, 3.05) is 0 Å². The number of carboxylic acids is 1. The van der Waals surface area contributed by atoms with Crippen LogP contribution in [0.3, 0.4) is 0 Å². The lowest BCUT2D eigenvalue weighted by atomic mass is 9.87. The van der Waals surface area contributed by atoms with Crippen LogP contribution in [-0.4, -0.2) is 22.0 Å². The molecule has 33 heavy (non-hydrogen) atoms. The quantitative estimate of drug-likeness (QED) is 0.403. The third kappa shape index (κ3) is 6.45. The van der Waals surface area contributed by atoms with Gasteiger partial charge in [-0.1, -0.05) is 63.2 Å². The van der Waals surface area contributed by atoms with E-state index in [-0.39, 0.29) is 30.0 Å². The van der Waals surface area contributed by atoms with E-state index in [1.807, 2.05) is 63.2 Å². The van der Waals surface area contributed by atoms with Gasteiger partial charge in [0.1, 0.15) is 18.1 Å². The summed E-state index contributed by atoms with van der Waals surface area (Å²) < 4.78 is 5.96. The number of carbonyl (C=O) groups excluding carboxylic acids is 1. The number of carboxylic acid groups (broad SMARTS) is 1. The Morgan fingerprint density at radius 2 is 1.52 bits per heavy atom. The van der Waals surface area contributed by atoms with E-state index >= 15 is 0 Å². The molecule has 2 N–H and O–H groups in total. The largest absolute Gasteiger partial charge is 0.507 e. The number of rotatable bonds is 8. The van der Waals surface area contributed by atoms with Gasteiger partial charge in [0.2, 0.25) is 0 Å². The Hall–Kier alpha value is -3.60. The zero-order valence-corrected chi connectivity index (χ0v) is 19.5. The number of ether oxygens (including phenoxy) is 1. The molecule has 0 spiro atoms. The van der Waals surface area contributed by atoms with Gasteiger partial charge in [0.25, 0.3) is 0 Å². The smallest absolute Gasteiger partial charge is 0.307 e. The van der Waals surface area contributed by atoms with Crippen LogP contribution in [0.2, 0.25) is 0 Å². The SMILES string of the molecule is Cc1c(OCc2cccc(-c3cccc(CC(=O)O)c3)c2)ccc(C(=O)CC(C)(C)C)c1O. The van der Waals surface area contributed by atoms with Crippen molar-refractivity contribution in [3.8, 4) is 22.6 Å². The van der Waals surface area contributed by atoms with E-state index in [1.165, 1.54) is 0 Å². The predicted octanol–water partition coefficient (Wildman–Crippen LogP) is 6.19. The molecule has 0 fully saturated rings. The fourth-order valence-electron chi connectivity index (χ4n) is 3.68. The highest BCUT2D eigenvalue weighted by atomic mass is 16.5. The lowest BCUT2D eigenvalue weighted by Gasteiger charge is -2.18. The molecule has 0 aliphatic rings. The van der Waals surface area contributed by atoms with E-state index in [1.54, 1.807) is 25.1 Å². The van der Waals surface area contributed by atoms with Gasteiger partial charge in [-0.3, -0.25) is 9.59 Å². The van der Waals surface area contributed by atoms with E-state index < -0.39 is 5.97 Å². The summed E-state index contributed by atoms with van der Waals surface area (Å²) >= 11 is 0. The second-order valence-corrected chi connectivity index (χ2v) is 9.51. The molecule has 0 saturated carbocycles. The van der Waals surface area contributed by atoms with E-state index in [0.717, 1.165) is 22.3 Å². The maximum absolute atomic E-state index is 12.5. The maximum Gasteiger partial charge on any atom is 0.307 e. The normalized spacial score (nSPS) is 11.3. The van der Waals surface area contributed by atoms with Gasteiger partial charge in [-0.2, -0.15) is 0 Å². The Kier molecular flexibility index (Phi) is 7.22. The molecule has 0 aromatic heterocycles. The minimum Gasteiger partial charge on any atom is -0.507 e. The minimum atomic E-state index is -0.862. The molecular formula is C28H30O5. The first-order chi connectivity index (χ1) is 15.5. The zero-order valence-electron chi connectivity index (χ0n) is 19.5. The van der Waals surface area contributed by atoms with Gasteiger partial charge in [-0.25, -0.2) is 0 Å². The van der Waals surface area contributed by atoms with Crippen molar-refractivity contribution in [3.05, 3.63) is 82.9 Å². The number of aliphatic carboxylic acids is 1. The number of Topliss-reactive ketones (excluding diaryl/α,β-unsaturated/α-hetero) is 1. The molecule has 0 saturated heterocycles. The Morgan fingerprint density at radius 3 is 2.12 bits per heavy atom. The summed E-state index contributed by atoms with van der Waals surface area (Å²) in [6, 6.07) is 18.7. The fraction of sp³-hybridized carbons (Fsp3) is 0.286. The van der Waals surface area contributed by atoms with E-state index in [0.29, 0.717) is 23.3 Å². The lowest BCUT2D eigenvalue weighted by Crippen LogP contribution is -2.13. The molecule has 0 atom stereocenters. The Bertz CT molecular complexity index is 1170. The van der Waals surface area contributed by atoms with Crippen LogP contribution in [0, 0.1) is 12.3 Å². The van der Waals surface area contributed by atoms with Crippen molar-refractivity contribution < 1.29 is 24.5 Å². The molecule has 172 valence electrons. The number of phenolic OH excluding ortho intramolecular Hbond substituents is 1. The number of benzene rings is 3.